The highest BCUT2D eigenvalue weighted by Gasteiger charge is 1.96. The molecular weight excluding hydrogens is 164 g/mol. The molecule has 1 atom stereocenters. The predicted molar refractivity (Wildman–Crippen MR) is 52.4 cm³/mol. The molecular formula is C10H16N2O. The van der Waals surface area contributed by atoms with Crippen molar-refractivity contribution in [1.82, 2.24) is 10.3 Å². The lowest BCUT2D eigenvalue weighted by Gasteiger charge is -2.06. The standard InChI is InChI=1S/C10H16N2O/c1-8-3-4-10(12-5-8)7-11-6-9(2)13/h3-5,9,11,13H,6-7H2,1-2H3/t9-/m1/s1. The molecule has 72 valence electrons. The van der Waals surface area contributed by atoms with Gasteiger partial charge in [-0.15, -0.1) is 0 Å². The molecule has 0 radical (unpaired) electrons. The monoisotopic (exact) mass is 180 g/mol. The Morgan fingerprint density at radius 1 is 1.54 bits per heavy atom. The number of aryl methyl sites for hydroxylation is 1. The Morgan fingerprint density at radius 2 is 2.31 bits per heavy atom. The van der Waals surface area contributed by atoms with Gasteiger partial charge in [0.15, 0.2) is 0 Å². The van der Waals surface area contributed by atoms with Crippen molar-refractivity contribution in [3.63, 3.8) is 0 Å². The van der Waals surface area contributed by atoms with Crippen molar-refractivity contribution < 1.29 is 5.11 Å². The fourth-order valence-electron chi connectivity index (χ4n) is 1.01. The van der Waals surface area contributed by atoms with Crippen LogP contribution in [0.3, 0.4) is 0 Å². The number of aliphatic hydroxyl groups excluding tert-OH is 1. The first-order chi connectivity index (χ1) is 6.18. The highest BCUT2D eigenvalue weighted by molar-refractivity contribution is 5.11. The third-order valence-electron chi connectivity index (χ3n) is 1.72. The maximum absolute atomic E-state index is 8.99. The minimum atomic E-state index is -0.301. The van der Waals surface area contributed by atoms with E-state index in [0.717, 1.165) is 5.69 Å². The van der Waals surface area contributed by atoms with Crippen LogP contribution in [-0.4, -0.2) is 22.7 Å². The van der Waals surface area contributed by atoms with E-state index in [9.17, 15) is 0 Å². The third kappa shape index (κ3) is 4.01. The summed E-state index contributed by atoms with van der Waals surface area (Å²) in [6.07, 6.45) is 1.55. The van der Waals surface area contributed by atoms with E-state index in [1.807, 2.05) is 25.3 Å². The van der Waals surface area contributed by atoms with Gasteiger partial charge >= 0.3 is 0 Å². The van der Waals surface area contributed by atoms with E-state index in [-0.39, 0.29) is 6.10 Å². The molecule has 0 saturated carbocycles. The number of hydrogen-bond donors (Lipinski definition) is 2. The van der Waals surface area contributed by atoms with Crippen LogP contribution in [0.4, 0.5) is 0 Å². The zero-order valence-corrected chi connectivity index (χ0v) is 8.12. The number of aliphatic hydroxyl groups is 1. The van der Waals surface area contributed by atoms with Gasteiger partial charge in [-0.05, 0) is 25.5 Å². The van der Waals surface area contributed by atoms with Gasteiger partial charge in [0, 0.05) is 19.3 Å². The first-order valence-electron chi connectivity index (χ1n) is 4.49. The molecule has 0 aliphatic rings. The molecule has 0 aliphatic carbocycles. The smallest absolute Gasteiger partial charge is 0.0636 e. The molecule has 0 unspecified atom stereocenters. The lowest BCUT2D eigenvalue weighted by molar-refractivity contribution is 0.191. The van der Waals surface area contributed by atoms with Gasteiger partial charge in [-0.25, -0.2) is 0 Å². The normalized spacial score (nSPS) is 12.8. The molecule has 13 heavy (non-hydrogen) atoms. The summed E-state index contributed by atoms with van der Waals surface area (Å²) < 4.78 is 0. The van der Waals surface area contributed by atoms with Crippen molar-refractivity contribution in [2.45, 2.75) is 26.5 Å². The zero-order chi connectivity index (χ0) is 9.68. The van der Waals surface area contributed by atoms with E-state index in [1.54, 1.807) is 6.92 Å². The average molecular weight is 180 g/mol. The lowest BCUT2D eigenvalue weighted by Crippen LogP contribution is -2.24. The molecule has 0 amide bonds. The minimum Gasteiger partial charge on any atom is -0.392 e. The van der Waals surface area contributed by atoms with Crippen LogP contribution >= 0.6 is 0 Å². The van der Waals surface area contributed by atoms with Crippen molar-refractivity contribution in [3.05, 3.63) is 29.6 Å². The van der Waals surface area contributed by atoms with Crippen LogP contribution in [0.5, 0.6) is 0 Å². The molecule has 0 saturated heterocycles. The Kier molecular flexibility index (Phi) is 3.86. The van der Waals surface area contributed by atoms with E-state index < -0.39 is 0 Å². The van der Waals surface area contributed by atoms with Gasteiger partial charge in [0.1, 0.15) is 0 Å². The van der Waals surface area contributed by atoms with Gasteiger partial charge in [-0.1, -0.05) is 6.07 Å². The summed E-state index contributed by atoms with van der Waals surface area (Å²) in [6.45, 7) is 5.09. The Labute approximate surface area is 78.8 Å². The van der Waals surface area contributed by atoms with Crippen molar-refractivity contribution in [3.8, 4) is 0 Å². The largest absolute Gasteiger partial charge is 0.392 e. The quantitative estimate of drug-likeness (QED) is 0.722. The second kappa shape index (κ2) is 4.94. The third-order valence-corrected chi connectivity index (χ3v) is 1.72. The van der Waals surface area contributed by atoms with E-state index in [0.29, 0.717) is 13.1 Å². The summed E-state index contributed by atoms with van der Waals surface area (Å²) in [7, 11) is 0. The first kappa shape index (κ1) is 10.2. The van der Waals surface area contributed by atoms with Gasteiger partial charge in [-0.3, -0.25) is 4.98 Å². The van der Waals surface area contributed by atoms with Crippen molar-refractivity contribution >= 4 is 0 Å². The average Bonchev–Trinajstić information content (AvgIpc) is 2.08. The van der Waals surface area contributed by atoms with Crippen molar-refractivity contribution in [2.24, 2.45) is 0 Å². The van der Waals surface area contributed by atoms with E-state index in [4.69, 9.17) is 5.11 Å². The summed E-state index contributed by atoms with van der Waals surface area (Å²) in [6, 6.07) is 4.02. The van der Waals surface area contributed by atoms with Crippen LogP contribution < -0.4 is 5.32 Å². The summed E-state index contributed by atoms with van der Waals surface area (Å²) in [5.41, 5.74) is 2.17. The van der Waals surface area contributed by atoms with Crippen LogP contribution in [0.2, 0.25) is 0 Å². The van der Waals surface area contributed by atoms with E-state index >= 15 is 0 Å². The van der Waals surface area contributed by atoms with Crippen LogP contribution in [0.25, 0.3) is 0 Å². The van der Waals surface area contributed by atoms with Gasteiger partial charge in [0.2, 0.25) is 0 Å². The van der Waals surface area contributed by atoms with E-state index in [1.165, 1.54) is 5.56 Å². The second-order valence-electron chi connectivity index (χ2n) is 3.31. The SMILES string of the molecule is Cc1ccc(CNC[C@@H](C)O)nc1. The van der Waals surface area contributed by atoms with Gasteiger partial charge in [0.25, 0.3) is 0 Å². The fourth-order valence-corrected chi connectivity index (χ4v) is 1.01. The summed E-state index contributed by atoms with van der Waals surface area (Å²) in [4.78, 5) is 4.23. The topological polar surface area (TPSA) is 45.1 Å². The van der Waals surface area contributed by atoms with Gasteiger partial charge < -0.3 is 10.4 Å². The molecule has 2 N–H and O–H groups in total. The molecule has 1 aromatic heterocycles. The minimum absolute atomic E-state index is 0.301. The van der Waals surface area contributed by atoms with Crippen molar-refractivity contribution in [2.75, 3.05) is 6.54 Å². The van der Waals surface area contributed by atoms with Crippen LogP contribution in [0.1, 0.15) is 18.2 Å². The molecule has 0 fully saturated rings. The van der Waals surface area contributed by atoms with Gasteiger partial charge in [-0.2, -0.15) is 0 Å². The molecule has 1 aromatic rings. The first-order valence-corrected chi connectivity index (χ1v) is 4.49. The zero-order valence-electron chi connectivity index (χ0n) is 8.12. The lowest BCUT2D eigenvalue weighted by atomic mass is 10.3. The number of hydrogen-bond acceptors (Lipinski definition) is 3. The molecule has 1 heterocycles. The molecule has 0 bridgehead atoms. The predicted octanol–water partition coefficient (Wildman–Crippen LogP) is 0.860. The Bertz CT molecular complexity index is 244. The highest BCUT2D eigenvalue weighted by atomic mass is 16.3. The van der Waals surface area contributed by atoms with Crippen LogP contribution in [0.15, 0.2) is 18.3 Å². The number of aromatic nitrogens is 1. The van der Waals surface area contributed by atoms with Gasteiger partial charge in [0.05, 0.1) is 11.8 Å². The molecule has 3 heteroatoms. The molecule has 0 aromatic carbocycles. The number of pyridine rings is 1. The number of nitrogens with zero attached hydrogens (tertiary/aromatic N) is 1. The Morgan fingerprint density at radius 3 is 2.85 bits per heavy atom. The maximum atomic E-state index is 8.99. The molecule has 0 spiro atoms. The van der Waals surface area contributed by atoms with Crippen LogP contribution in [0, 0.1) is 6.92 Å². The van der Waals surface area contributed by atoms with Crippen molar-refractivity contribution in [1.29, 1.82) is 0 Å². The summed E-state index contributed by atoms with van der Waals surface area (Å²) in [5.74, 6) is 0. The Hall–Kier alpha value is -0.930. The molecule has 1 rings (SSSR count). The van der Waals surface area contributed by atoms with Crippen LogP contribution in [-0.2, 0) is 6.54 Å². The second-order valence-corrected chi connectivity index (χ2v) is 3.31. The maximum Gasteiger partial charge on any atom is 0.0636 e. The summed E-state index contributed by atoms with van der Waals surface area (Å²) in [5, 5.41) is 12.1. The molecule has 0 aliphatic heterocycles. The fraction of sp³-hybridized carbons (Fsp3) is 0.500. The Balaban J connectivity index is 2.33. The number of nitrogens with one attached hydrogen (secondary N) is 1. The van der Waals surface area contributed by atoms with E-state index in [2.05, 4.69) is 10.3 Å². The summed E-state index contributed by atoms with van der Waals surface area (Å²) >= 11 is 0. The number of rotatable bonds is 4. The molecule has 3 nitrogen and oxygen atoms in total. The highest BCUT2D eigenvalue weighted by Crippen LogP contribution is 1.97.